The minimum Gasteiger partial charge on any atom is -0.333 e. The molecule has 0 spiro atoms. The summed E-state index contributed by atoms with van der Waals surface area (Å²) in [6, 6.07) is 3.99. The highest BCUT2D eigenvalue weighted by atomic mass is 35.5. The summed E-state index contributed by atoms with van der Waals surface area (Å²) in [5, 5.41) is 7.93. The van der Waals surface area contributed by atoms with Gasteiger partial charge in [-0.25, -0.2) is 4.39 Å². The van der Waals surface area contributed by atoms with Gasteiger partial charge in [0.25, 0.3) is 5.89 Å². The molecule has 0 saturated carbocycles. The number of hydrogen-bond donors (Lipinski definition) is 0. The Balaban J connectivity index is 2.04. The lowest BCUT2D eigenvalue weighted by molar-refractivity contribution is 0.433. The Morgan fingerprint density at radius 1 is 1.37 bits per heavy atom. The smallest absolute Gasteiger partial charge is 0.271 e. The molecule has 0 saturated heterocycles. The molecule has 0 radical (unpaired) electrons. The lowest BCUT2D eigenvalue weighted by atomic mass is 10.2. The summed E-state index contributed by atoms with van der Waals surface area (Å²) >= 11 is 7.11. The van der Waals surface area contributed by atoms with Crippen molar-refractivity contribution in [3.63, 3.8) is 0 Å². The first-order valence-corrected chi connectivity index (χ1v) is 6.39. The molecule has 0 bridgehead atoms. The molecule has 3 rings (SSSR count). The zero-order valence-electron chi connectivity index (χ0n) is 9.59. The van der Waals surface area contributed by atoms with Crippen LogP contribution in [0.1, 0.15) is 5.69 Å². The maximum Gasteiger partial charge on any atom is 0.271 e. The molecular weight excluding hydrogens is 291 g/mol. The number of aryl methyl sites for hydroxylation is 1. The number of benzene rings is 1. The molecule has 0 fully saturated rings. The minimum atomic E-state index is -0.417. The molecule has 0 amide bonds. The highest BCUT2D eigenvalue weighted by molar-refractivity contribution is 7.09. The second-order valence-corrected chi connectivity index (χ2v) is 4.90. The van der Waals surface area contributed by atoms with Crippen molar-refractivity contribution in [3.05, 3.63) is 34.7 Å². The van der Waals surface area contributed by atoms with Crippen LogP contribution in [0.25, 0.3) is 22.2 Å². The van der Waals surface area contributed by atoms with Gasteiger partial charge in [-0.1, -0.05) is 21.2 Å². The molecule has 3 aromatic rings. The Kier molecular flexibility index (Phi) is 3.00. The molecule has 0 aliphatic rings. The van der Waals surface area contributed by atoms with Crippen LogP contribution in [0.5, 0.6) is 0 Å². The third-order valence-corrected chi connectivity index (χ3v) is 3.57. The van der Waals surface area contributed by atoms with Gasteiger partial charge in [0.2, 0.25) is 5.82 Å². The molecule has 0 unspecified atom stereocenters. The monoisotopic (exact) mass is 296 g/mol. The minimum absolute atomic E-state index is 0.228. The third kappa shape index (κ3) is 2.22. The maximum atomic E-state index is 13.0. The second kappa shape index (κ2) is 4.67. The van der Waals surface area contributed by atoms with Crippen molar-refractivity contribution in [1.29, 1.82) is 0 Å². The Hall–Kier alpha value is -1.86. The van der Waals surface area contributed by atoms with Crippen molar-refractivity contribution in [2.75, 3.05) is 0 Å². The van der Waals surface area contributed by atoms with Crippen LogP contribution in [-0.4, -0.2) is 19.7 Å². The van der Waals surface area contributed by atoms with Gasteiger partial charge in [0.05, 0.1) is 10.7 Å². The van der Waals surface area contributed by atoms with Crippen molar-refractivity contribution in [1.82, 2.24) is 19.7 Å². The molecule has 19 heavy (non-hydrogen) atoms. The summed E-state index contributed by atoms with van der Waals surface area (Å²) in [5.74, 6) is 0.204. The van der Waals surface area contributed by atoms with Gasteiger partial charge in [-0.3, -0.25) is 0 Å². The largest absolute Gasteiger partial charge is 0.333 e. The highest BCUT2D eigenvalue weighted by Crippen LogP contribution is 2.30. The first kappa shape index (κ1) is 12.2. The van der Waals surface area contributed by atoms with E-state index in [1.54, 1.807) is 6.92 Å². The fraction of sp³-hybridized carbons (Fsp3) is 0.0909. The van der Waals surface area contributed by atoms with E-state index in [-0.39, 0.29) is 5.02 Å². The first-order valence-electron chi connectivity index (χ1n) is 5.23. The molecule has 5 nitrogen and oxygen atoms in total. The van der Waals surface area contributed by atoms with Crippen LogP contribution in [0.2, 0.25) is 5.02 Å². The van der Waals surface area contributed by atoms with Crippen LogP contribution >= 0.6 is 23.1 Å². The molecule has 0 atom stereocenters. The molecular formula is C11H6ClFN4OS. The van der Waals surface area contributed by atoms with E-state index < -0.39 is 5.82 Å². The zero-order chi connectivity index (χ0) is 13.4. The zero-order valence-corrected chi connectivity index (χ0v) is 11.2. The normalized spacial score (nSPS) is 10.9. The molecule has 2 heterocycles. The van der Waals surface area contributed by atoms with Crippen molar-refractivity contribution < 1.29 is 8.91 Å². The second-order valence-electron chi connectivity index (χ2n) is 3.73. The van der Waals surface area contributed by atoms with Gasteiger partial charge in [0.15, 0.2) is 0 Å². The van der Waals surface area contributed by atoms with E-state index >= 15 is 0 Å². The van der Waals surface area contributed by atoms with Gasteiger partial charge in [0.1, 0.15) is 10.7 Å². The van der Waals surface area contributed by atoms with E-state index in [1.807, 2.05) is 0 Å². The van der Waals surface area contributed by atoms with Gasteiger partial charge < -0.3 is 4.52 Å². The summed E-state index contributed by atoms with van der Waals surface area (Å²) in [5.41, 5.74) is 1.22. The Morgan fingerprint density at radius 2 is 2.21 bits per heavy atom. The maximum absolute atomic E-state index is 13.0. The van der Waals surface area contributed by atoms with Crippen molar-refractivity contribution in [3.8, 4) is 22.2 Å². The van der Waals surface area contributed by atoms with E-state index in [4.69, 9.17) is 16.1 Å². The average molecular weight is 297 g/mol. The van der Waals surface area contributed by atoms with Crippen LogP contribution in [-0.2, 0) is 0 Å². The van der Waals surface area contributed by atoms with E-state index in [0.717, 1.165) is 0 Å². The number of aromatic nitrogens is 4. The molecule has 0 N–H and O–H groups in total. The van der Waals surface area contributed by atoms with E-state index in [1.165, 1.54) is 29.7 Å². The molecule has 0 aliphatic heterocycles. The molecule has 0 aliphatic carbocycles. The summed E-state index contributed by atoms with van der Waals surface area (Å²) in [6.45, 7) is 1.80. The van der Waals surface area contributed by atoms with Crippen molar-refractivity contribution >= 4 is 23.1 Å². The number of nitrogens with zero attached hydrogens (tertiary/aromatic N) is 4. The Morgan fingerprint density at radius 3 is 2.89 bits per heavy atom. The van der Waals surface area contributed by atoms with Crippen molar-refractivity contribution in [2.24, 2.45) is 0 Å². The molecule has 8 heteroatoms. The predicted octanol–water partition coefficient (Wildman–Crippen LogP) is 3.36. The summed E-state index contributed by atoms with van der Waals surface area (Å²) < 4.78 is 21.9. The van der Waals surface area contributed by atoms with Crippen LogP contribution in [0.15, 0.2) is 22.7 Å². The average Bonchev–Trinajstić information content (AvgIpc) is 2.97. The van der Waals surface area contributed by atoms with Gasteiger partial charge >= 0.3 is 0 Å². The fourth-order valence-electron chi connectivity index (χ4n) is 1.52. The lowest BCUT2D eigenvalue weighted by Crippen LogP contribution is -1.84. The highest BCUT2D eigenvalue weighted by Gasteiger charge is 2.17. The summed E-state index contributed by atoms with van der Waals surface area (Å²) in [7, 11) is 0. The summed E-state index contributed by atoms with van der Waals surface area (Å²) in [6.07, 6.45) is 0. The molecule has 1 aromatic carbocycles. The Labute approximate surface area is 116 Å². The lowest BCUT2D eigenvalue weighted by Gasteiger charge is -1.97. The van der Waals surface area contributed by atoms with Crippen molar-refractivity contribution in [2.45, 2.75) is 6.92 Å². The number of rotatable bonds is 2. The fourth-order valence-corrected chi connectivity index (χ4v) is 2.35. The van der Waals surface area contributed by atoms with Gasteiger partial charge in [-0.2, -0.15) is 4.98 Å². The van der Waals surface area contributed by atoms with E-state index in [2.05, 4.69) is 19.7 Å². The van der Waals surface area contributed by atoms with Gasteiger partial charge in [-0.05, 0) is 36.7 Å². The standard InChI is InChI=1S/C11H6ClFN4OS/c1-5-9(19-17-15-5)11-14-10(16-18-11)7-3-2-6(13)4-8(7)12/h2-4H,1H3. The van der Waals surface area contributed by atoms with Crippen LogP contribution < -0.4 is 0 Å². The van der Waals surface area contributed by atoms with Crippen LogP contribution in [0.3, 0.4) is 0 Å². The Bertz CT molecular complexity index is 742. The van der Waals surface area contributed by atoms with Gasteiger partial charge in [-0.15, -0.1) is 5.10 Å². The topological polar surface area (TPSA) is 64.7 Å². The quantitative estimate of drug-likeness (QED) is 0.725. The summed E-state index contributed by atoms with van der Waals surface area (Å²) in [4.78, 5) is 4.93. The number of hydrogen-bond acceptors (Lipinski definition) is 6. The van der Waals surface area contributed by atoms with E-state index in [9.17, 15) is 4.39 Å². The first-order chi connectivity index (χ1) is 9.15. The van der Waals surface area contributed by atoms with E-state index in [0.29, 0.717) is 27.8 Å². The molecule has 2 aromatic heterocycles. The van der Waals surface area contributed by atoms with Crippen LogP contribution in [0.4, 0.5) is 4.39 Å². The van der Waals surface area contributed by atoms with Gasteiger partial charge in [0, 0.05) is 5.56 Å². The SMILES string of the molecule is Cc1nnsc1-c1nc(-c2ccc(F)cc2Cl)no1. The predicted molar refractivity (Wildman–Crippen MR) is 68.3 cm³/mol. The number of halogens is 2. The van der Waals surface area contributed by atoms with Crippen LogP contribution in [0, 0.1) is 12.7 Å². The third-order valence-electron chi connectivity index (χ3n) is 2.44. The molecule has 96 valence electrons.